The van der Waals surface area contributed by atoms with Crippen LogP contribution in [0.15, 0.2) is 36.4 Å². The Balaban J connectivity index is 2.07. The molecule has 3 nitrogen and oxygen atoms in total. The van der Waals surface area contributed by atoms with Crippen molar-refractivity contribution in [1.29, 1.82) is 0 Å². The normalized spacial score (nSPS) is 14.6. The highest BCUT2D eigenvalue weighted by Crippen LogP contribution is 2.37. The topological polar surface area (TPSA) is 41.5 Å². The molecule has 1 heterocycles. The first kappa shape index (κ1) is 13.0. The quantitative estimate of drug-likeness (QED) is 0.900. The Morgan fingerprint density at radius 3 is 2.85 bits per heavy atom. The molecule has 104 valence electrons. The molecule has 2 aromatic carbocycles. The number of anilines is 1. The molecule has 1 atom stereocenters. The molecule has 20 heavy (non-hydrogen) atoms. The standard InChI is InChI=1S/C17H19NO2/c1-11-6-7-15(20-2)14(10-11)17(19)13-5-3-4-12-8-9-18-16(12)13/h3-7,10,17-19H,8-9H2,1-2H3. The van der Waals surface area contributed by atoms with Crippen LogP contribution in [-0.4, -0.2) is 18.8 Å². The van der Waals surface area contributed by atoms with Crippen LogP contribution in [0, 0.1) is 6.92 Å². The van der Waals surface area contributed by atoms with E-state index in [-0.39, 0.29) is 0 Å². The third-order valence-electron chi connectivity index (χ3n) is 3.85. The molecule has 0 fully saturated rings. The van der Waals surface area contributed by atoms with Gasteiger partial charge >= 0.3 is 0 Å². The van der Waals surface area contributed by atoms with Crippen molar-refractivity contribution in [2.24, 2.45) is 0 Å². The number of methoxy groups -OCH3 is 1. The van der Waals surface area contributed by atoms with E-state index in [9.17, 15) is 5.11 Å². The molecule has 0 amide bonds. The second kappa shape index (κ2) is 5.17. The number of fused-ring (bicyclic) bond motifs is 1. The van der Waals surface area contributed by atoms with E-state index in [0.29, 0.717) is 0 Å². The maximum atomic E-state index is 10.8. The first-order chi connectivity index (χ1) is 9.70. The highest BCUT2D eigenvalue weighted by atomic mass is 16.5. The summed E-state index contributed by atoms with van der Waals surface area (Å²) in [6.45, 7) is 2.95. The molecule has 1 aliphatic rings. The van der Waals surface area contributed by atoms with Crippen molar-refractivity contribution in [3.8, 4) is 5.75 Å². The first-order valence-corrected chi connectivity index (χ1v) is 6.89. The smallest absolute Gasteiger partial charge is 0.125 e. The monoisotopic (exact) mass is 269 g/mol. The Kier molecular flexibility index (Phi) is 3.36. The Morgan fingerprint density at radius 1 is 1.20 bits per heavy atom. The number of aryl methyl sites for hydroxylation is 1. The van der Waals surface area contributed by atoms with Gasteiger partial charge < -0.3 is 15.2 Å². The van der Waals surface area contributed by atoms with E-state index < -0.39 is 6.10 Å². The summed E-state index contributed by atoms with van der Waals surface area (Å²) in [5, 5.41) is 14.1. The van der Waals surface area contributed by atoms with Gasteiger partial charge in [-0.15, -0.1) is 0 Å². The molecule has 3 heteroatoms. The van der Waals surface area contributed by atoms with Gasteiger partial charge in [-0.2, -0.15) is 0 Å². The summed E-state index contributed by atoms with van der Waals surface area (Å²) in [7, 11) is 1.63. The lowest BCUT2D eigenvalue weighted by Gasteiger charge is -2.18. The molecule has 0 spiro atoms. The fourth-order valence-corrected chi connectivity index (χ4v) is 2.83. The van der Waals surface area contributed by atoms with E-state index in [0.717, 1.165) is 41.1 Å². The molecule has 2 N–H and O–H groups in total. The number of para-hydroxylation sites is 1. The van der Waals surface area contributed by atoms with Crippen molar-refractivity contribution in [1.82, 2.24) is 0 Å². The number of benzene rings is 2. The molecule has 3 rings (SSSR count). The van der Waals surface area contributed by atoms with Crippen molar-refractivity contribution in [3.05, 3.63) is 58.7 Å². The number of rotatable bonds is 3. The highest BCUT2D eigenvalue weighted by Gasteiger charge is 2.22. The number of hydrogen-bond acceptors (Lipinski definition) is 3. The number of hydrogen-bond donors (Lipinski definition) is 2. The molecule has 0 saturated heterocycles. The summed E-state index contributed by atoms with van der Waals surface area (Å²) in [5.74, 6) is 0.721. The van der Waals surface area contributed by atoms with Gasteiger partial charge in [-0.3, -0.25) is 0 Å². The van der Waals surface area contributed by atoms with Gasteiger partial charge in [0.25, 0.3) is 0 Å². The first-order valence-electron chi connectivity index (χ1n) is 6.89. The predicted octanol–water partition coefficient (Wildman–Crippen LogP) is 3.05. The van der Waals surface area contributed by atoms with E-state index in [1.807, 2.05) is 37.3 Å². The van der Waals surface area contributed by atoms with Crippen LogP contribution in [0.3, 0.4) is 0 Å². The van der Waals surface area contributed by atoms with Gasteiger partial charge in [0.1, 0.15) is 11.9 Å². The van der Waals surface area contributed by atoms with E-state index in [4.69, 9.17) is 4.74 Å². The van der Waals surface area contributed by atoms with Gasteiger partial charge in [-0.25, -0.2) is 0 Å². The Morgan fingerprint density at radius 2 is 2.05 bits per heavy atom. The zero-order chi connectivity index (χ0) is 14.1. The molecule has 0 bridgehead atoms. The van der Waals surface area contributed by atoms with E-state index in [2.05, 4.69) is 11.4 Å². The second-order valence-electron chi connectivity index (χ2n) is 5.21. The van der Waals surface area contributed by atoms with Gasteiger partial charge in [0.05, 0.1) is 7.11 Å². The SMILES string of the molecule is COc1ccc(C)cc1C(O)c1cccc2c1NCC2. The third-order valence-corrected chi connectivity index (χ3v) is 3.85. The van der Waals surface area contributed by atoms with Crippen LogP contribution >= 0.6 is 0 Å². The van der Waals surface area contributed by atoms with Crippen molar-refractivity contribution >= 4 is 5.69 Å². The maximum Gasteiger partial charge on any atom is 0.125 e. The molecular formula is C17H19NO2. The lowest BCUT2D eigenvalue weighted by atomic mass is 9.96. The van der Waals surface area contributed by atoms with Crippen molar-refractivity contribution < 1.29 is 9.84 Å². The molecule has 2 aromatic rings. The lowest BCUT2D eigenvalue weighted by Crippen LogP contribution is -2.06. The van der Waals surface area contributed by atoms with Crippen LogP contribution in [0.4, 0.5) is 5.69 Å². The Bertz CT molecular complexity index is 635. The third kappa shape index (κ3) is 2.14. The molecule has 0 aliphatic carbocycles. The van der Waals surface area contributed by atoms with Crippen LogP contribution in [0.25, 0.3) is 0 Å². The number of ether oxygens (including phenoxy) is 1. The molecule has 0 saturated carbocycles. The average Bonchev–Trinajstić information content (AvgIpc) is 2.94. The zero-order valence-electron chi connectivity index (χ0n) is 11.8. The van der Waals surface area contributed by atoms with E-state index in [1.54, 1.807) is 7.11 Å². The molecule has 0 radical (unpaired) electrons. The van der Waals surface area contributed by atoms with Gasteiger partial charge in [-0.05, 0) is 31.0 Å². The number of nitrogens with one attached hydrogen (secondary N) is 1. The zero-order valence-corrected chi connectivity index (χ0v) is 11.8. The van der Waals surface area contributed by atoms with Crippen LogP contribution in [0.1, 0.15) is 28.4 Å². The van der Waals surface area contributed by atoms with Crippen LogP contribution in [0.5, 0.6) is 5.75 Å². The Hall–Kier alpha value is -2.00. The second-order valence-corrected chi connectivity index (χ2v) is 5.21. The summed E-state index contributed by atoms with van der Waals surface area (Å²) in [5.41, 5.74) is 5.19. The fourth-order valence-electron chi connectivity index (χ4n) is 2.83. The van der Waals surface area contributed by atoms with E-state index in [1.165, 1.54) is 5.56 Å². The minimum absolute atomic E-state index is 0.676. The lowest BCUT2D eigenvalue weighted by molar-refractivity contribution is 0.215. The highest BCUT2D eigenvalue weighted by molar-refractivity contribution is 5.63. The largest absolute Gasteiger partial charge is 0.496 e. The predicted molar refractivity (Wildman–Crippen MR) is 80.4 cm³/mol. The van der Waals surface area contributed by atoms with Gasteiger partial charge in [0.2, 0.25) is 0 Å². The van der Waals surface area contributed by atoms with Crippen LogP contribution in [0.2, 0.25) is 0 Å². The number of aliphatic hydroxyl groups is 1. The van der Waals surface area contributed by atoms with Crippen molar-refractivity contribution in [2.45, 2.75) is 19.4 Å². The minimum atomic E-state index is -0.676. The van der Waals surface area contributed by atoms with Gasteiger partial charge in [0, 0.05) is 23.4 Å². The Labute approximate surface area is 119 Å². The molecular weight excluding hydrogens is 250 g/mol. The van der Waals surface area contributed by atoms with Crippen molar-refractivity contribution in [2.75, 3.05) is 19.0 Å². The minimum Gasteiger partial charge on any atom is -0.496 e. The van der Waals surface area contributed by atoms with Gasteiger partial charge in [-0.1, -0.05) is 29.8 Å². The van der Waals surface area contributed by atoms with Gasteiger partial charge in [0.15, 0.2) is 0 Å². The summed E-state index contributed by atoms with van der Waals surface area (Å²) < 4.78 is 5.38. The summed E-state index contributed by atoms with van der Waals surface area (Å²) in [6, 6.07) is 12.0. The van der Waals surface area contributed by atoms with Crippen molar-refractivity contribution in [3.63, 3.8) is 0 Å². The summed E-state index contributed by atoms with van der Waals surface area (Å²) >= 11 is 0. The molecule has 0 aromatic heterocycles. The maximum absolute atomic E-state index is 10.8. The summed E-state index contributed by atoms with van der Waals surface area (Å²) in [6.07, 6.45) is 0.339. The van der Waals surface area contributed by atoms with E-state index >= 15 is 0 Å². The molecule has 1 aliphatic heterocycles. The number of aliphatic hydroxyl groups excluding tert-OH is 1. The molecule has 1 unspecified atom stereocenters. The van der Waals surface area contributed by atoms with Crippen LogP contribution in [-0.2, 0) is 6.42 Å². The summed E-state index contributed by atoms with van der Waals surface area (Å²) in [4.78, 5) is 0. The van der Waals surface area contributed by atoms with Crippen LogP contribution < -0.4 is 10.1 Å². The average molecular weight is 269 g/mol. The fraction of sp³-hybridized carbons (Fsp3) is 0.294.